The first-order valence-corrected chi connectivity index (χ1v) is 4.73. The smallest absolute Gasteiger partial charge is 0.171 e. The van der Waals surface area contributed by atoms with Crippen molar-refractivity contribution in [2.45, 2.75) is 52.6 Å². The van der Waals surface area contributed by atoms with E-state index < -0.39 is 11.6 Å². The lowest BCUT2D eigenvalue weighted by atomic mass is 9.61. The average molecular weight is 194 g/mol. The fraction of sp³-hybridized carbons (Fsp3) is 1.00. The highest BCUT2D eigenvalue weighted by Gasteiger charge is 2.58. The van der Waals surface area contributed by atoms with Crippen LogP contribution in [0.15, 0.2) is 0 Å². The molecule has 1 aliphatic rings. The van der Waals surface area contributed by atoms with Gasteiger partial charge in [0.25, 0.3) is 0 Å². The number of halogens is 3. The van der Waals surface area contributed by atoms with E-state index in [0.717, 1.165) is 6.42 Å². The van der Waals surface area contributed by atoms with Crippen LogP contribution in [0, 0.1) is 10.8 Å². The highest BCUT2D eigenvalue weighted by Crippen LogP contribution is 2.58. The Bertz CT molecular complexity index is 181. The predicted octanol–water partition coefficient (Wildman–Crippen LogP) is 4.16. The standard InChI is InChI=1S/C10H17F3/c1-8(2,3)7-9(5-4-6-9)10(11,12)13/h4-7H2,1-3H3. The van der Waals surface area contributed by atoms with E-state index in [0.29, 0.717) is 12.8 Å². The molecule has 0 aromatic carbocycles. The molecule has 0 radical (unpaired) electrons. The molecular formula is C10H17F3. The van der Waals surface area contributed by atoms with E-state index in [-0.39, 0.29) is 11.8 Å². The van der Waals surface area contributed by atoms with Gasteiger partial charge in [-0.05, 0) is 24.7 Å². The van der Waals surface area contributed by atoms with Crippen LogP contribution in [0.1, 0.15) is 46.5 Å². The van der Waals surface area contributed by atoms with E-state index in [4.69, 9.17) is 0 Å². The van der Waals surface area contributed by atoms with Crippen LogP contribution in [0.4, 0.5) is 13.2 Å². The minimum atomic E-state index is -4.00. The molecule has 0 amide bonds. The minimum absolute atomic E-state index is 0.226. The summed E-state index contributed by atoms with van der Waals surface area (Å²) in [4.78, 5) is 0. The summed E-state index contributed by atoms with van der Waals surface area (Å²) in [5, 5.41) is 0. The van der Waals surface area contributed by atoms with Gasteiger partial charge in [0.15, 0.2) is 0 Å². The second kappa shape index (κ2) is 2.89. The first-order chi connectivity index (χ1) is 5.66. The molecule has 0 aliphatic heterocycles. The van der Waals surface area contributed by atoms with Crippen molar-refractivity contribution in [1.29, 1.82) is 0 Å². The molecule has 0 heterocycles. The Morgan fingerprint density at radius 3 is 1.62 bits per heavy atom. The maximum Gasteiger partial charge on any atom is 0.394 e. The van der Waals surface area contributed by atoms with Crippen molar-refractivity contribution < 1.29 is 13.2 Å². The molecular weight excluding hydrogens is 177 g/mol. The van der Waals surface area contributed by atoms with Gasteiger partial charge < -0.3 is 0 Å². The van der Waals surface area contributed by atoms with Gasteiger partial charge in [-0.1, -0.05) is 27.2 Å². The van der Waals surface area contributed by atoms with Gasteiger partial charge in [0.2, 0.25) is 0 Å². The lowest BCUT2D eigenvalue weighted by molar-refractivity contribution is -0.260. The Labute approximate surface area is 77.5 Å². The average Bonchev–Trinajstić information content (AvgIpc) is 1.73. The first kappa shape index (κ1) is 10.9. The van der Waals surface area contributed by atoms with E-state index in [1.807, 2.05) is 20.8 Å². The zero-order valence-corrected chi connectivity index (χ0v) is 8.46. The topological polar surface area (TPSA) is 0 Å². The maximum atomic E-state index is 12.7. The third-order valence-corrected chi connectivity index (χ3v) is 2.78. The summed E-state index contributed by atoms with van der Waals surface area (Å²) in [5.74, 6) is 0. The Morgan fingerprint density at radius 1 is 1.08 bits per heavy atom. The van der Waals surface area contributed by atoms with Crippen LogP contribution in [0.3, 0.4) is 0 Å². The minimum Gasteiger partial charge on any atom is -0.171 e. The molecule has 1 rings (SSSR count). The molecule has 1 saturated carbocycles. The second-order valence-electron chi connectivity index (χ2n) is 5.37. The molecule has 1 fully saturated rings. The van der Waals surface area contributed by atoms with Gasteiger partial charge in [0, 0.05) is 0 Å². The summed E-state index contributed by atoms with van der Waals surface area (Å²) in [7, 11) is 0. The highest BCUT2D eigenvalue weighted by molar-refractivity contribution is 4.96. The summed E-state index contributed by atoms with van der Waals surface area (Å²) < 4.78 is 38.1. The highest BCUT2D eigenvalue weighted by atomic mass is 19.4. The Kier molecular flexibility index (Phi) is 2.42. The first-order valence-electron chi connectivity index (χ1n) is 4.73. The molecule has 0 aromatic heterocycles. The van der Waals surface area contributed by atoms with Crippen LogP contribution in [-0.4, -0.2) is 6.18 Å². The Balaban J connectivity index is 2.72. The van der Waals surface area contributed by atoms with Gasteiger partial charge in [0.1, 0.15) is 0 Å². The van der Waals surface area contributed by atoms with Gasteiger partial charge in [0.05, 0.1) is 5.41 Å². The number of hydrogen-bond acceptors (Lipinski definition) is 0. The molecule has 0 bridgehead atoms. The van der Waals surface area contributed by atoms with E-state index in [1.54, 1.807) is 0 Å². The van der Waals surface area contributed by atoms with Crippen LogP contribution < -0.4 is 0 Å². The quantitative estimate of drug-likeness (QED) is 0.588. The van der Waals surface area contributed by atoms with Crippen molar-refractivity contribution in [2.75, 3.05) is 0 Å². The zero-order valence-electron chi connectivity index (χ0n) is 8.46. The molecule has 0 nitrogen and oxygen atoms in total. The monoisotopic (exact) mass is 194 g/mol. The van der Waals surface area contributed by atoms with Crippen LogP contribution in [0.2, 0.25) is 0 Å². The lowest BCUT2D eigenvalue weighted by Crippen LogP contribution is -2.46. The number of rotatable bonds is 1. The number of alkyl halides is 3. The van der Waals surface area contributed by atoms with E-state index in [2.05, 4.69) is 0 Å². The summed E-state index contributed by atoms with van der Waals surface area (Å²) >= 11 is 0. The molecule has 13 heavy (non-hydrogen) atoms. The molecule has 0 atom stereocenters. The SMILES string of the molecule is CC(C)(C)CC1(C(F)(F)F)CCC1. The maximum absolute atomic E-state index is 12.7. The molecule has 0 aromatic rings. The van der Waals surface area contributed by atoms with Crippen molar-refractivity contribution in [3.8, 4) is 0 Å². The summed E-state index contributed by atoms with van der Waals surface area (Å²) in [6, 6.07) is 0. The largest absolute Gasteiger partial charge is 0.394 e. The molecule has 78 valence electrons. The normalized spacial score (nSPS) is 22.6. The molecule has 3 heteroatoms. The molecule has 0 N–H and O–H groups in total. The summed E-state index contributed by atoms with van der Waals surface area (Å²) in [5.41, 5.74) is -1.58. The Hall–Kier alpha value is -0.210. The second-order valence-corrected chi connectivity index (χ2v) is 5.37. The zero-order chi connectivity index (χ0) is 10.3. The van der Waals surface area contributed by atoms with Crippen molar-refractivity contribution >= 4 is 0 Å². The van der Waals surface area contributed by atoms with Crippen LogP contribution in [0.25, 0.3) is 0 Å². The van der Waals surface area contributed by atoms with Gasteiger partial charge in [-0.15, -0.1) is 0 Å². The fourth-order valence-electron chi connectivity index (χ4n) is 2.18. The van der Waals surface area contributed by atoms with Crippen molar-refractivity contribution in [1.82, 2.24) is 0 Å². The van der Waals surface area contributed by atoms with Gasteiger partial charge in [-0.3, -0.25) is 0 Å². The van der Waals surface area contributed by atoms with Crippen LogP contribution in [-0.2, 0) is 0 Å². The van der Waals surface area contributed by atoms with Gasteiger partial charge >= 0.3 is 6.18 Å². The summed E-state index contributed by atoms with van der Waals surface area (Å²) in [6.45, 7) is 5.62. The van der Waals surface area contributed by atoms with Crippen molar-refractivity contribution in [3.63, 3.8) is 0 Å². The molecule has 0 unspecified atom stereocenters. The third-order valence-electron chi connectivity index (χ3n) is 2.78. The van der Waals surface area contributed by atoms with E-state index >= 15 is 0 Å². The number of hydrogen-bond donors (Lipinski definition) is 0. The third kappa shape index (κ3) is 2.18. The van der Waals surface area contributed by atoms with Crippen molar-refractivity contribution in [2.24, 2.45) is 10.8 Å². The van der Waals surface area contributed by atoms with Crippen molar-refractivity contribution in [3.05, 3.63) is 0 Å². The summed E-state index contributed by atoms with van der Waals surface area (Å²) in [6.07, 6.45) is -2.35. The Morgan fingerprint density at radius 2 is 1.54 bits per heavy atom. The van der Waals surface area contributed by atoms with Crippen LogP contribution in [0.5, 0.6) is 0 Å². The van der Waals surface area contributed by atoms with Gasteiger partial charge in [-0.2, -0.15) is 13.2 Å². The van der Waals surface area contributed by atoms with Gasteiger partial charge in [-0.25, -0.2) is 0 Å². The lowest BCUT2D eigenvalue weighted by Gasteiger charge is -2.46. The fourth-order valence-corrected chi connectivity index (χ4v) is 2.18. The predicted molar refractivity (Wildman–Crippen MR) is 46.4 cm³/mol. The molecule has 0 spiro atoms. The van der Waals surface area contributed by atoms with Crippen LogP contribution >= 0.6 is 0 Å². The molecule has 0 saturated heterocycles. The molecule has 1 aliphatic carbocycles. The van der Waals surface area contributed by atoms with E-state index in [9.17, 15) is 13.2 Å². The van der Waals surface area contributed by atoms with E-state index in [1.165, 1.54) is 0 Å².